The molecule has 0 atom stereocenters. The molecule has 2 aromatic carbocycles. The van der Waals surface area contributed by atoms with Crippen molar-refractivity contribution in [1.82, 2.24) is 10.2 Å². The van der Waals surface area contributed by atoms with E-state index in [1.165, 1.54) is 30.3 Å². The molecule has 1 aliphatic heterocycles. The number of aryl methyl sites for hydroxylation is 1. The zero-order chi connectivity index (χ0) is 19.4. The smallest absolute Gasteiger partial charge is 0.321 e. The Morgan fingerprint density at radius 3 is 2.41 bits per heavy atom. The lowest BCUT2D eigenvalue weighted by molar-refractivity contribution is 0.204. The van der Waals surface area contributed by atoms with Gasteiger partial charge in [0.1, 0.15) is 0 Å². The molecule has 1 saturated heterocycles. The monoisotopic (exact) mass is 384 g/mol. The third-order valence-electron chi connectivity index (χ3n) is 4.41. The number of rotatable bonds is 3. The molecule has 1 fully saturated rings. The first-order chi connectivity index (χ1) is 12.9. The van der Waals surface area contributed by atoms with Crippen LogP contribution in [0.25, 0.3) is 0 Å². The Morgan fingerprint density at radius 2 is 1.81 bits per heavy atom. The maximum atomic E-state index is 12.8. The van der Waals surface area contributed by atoms with Crippen molar-refractivity contribution in [3.8, 4) is 6.07 Å². The number of nitriles is 1. The summed E-state index contributed by atoms with van der Waals surface area (Å²) in [6.07, 6.45) is 0. The quantitative estimate of drug-likeness (QED) is 0.844. The fourth-order valence-corrected chi connectivity index (χ4v) is 4.41. The van der Waals surface area contributed by atoms with Crippen LogP contribution < -0.4 is 10.6 Å². The van der Waals surface area contributed by atoms with E-state index in [9.17, 15) is 13.2 Å². The molecule has 7 nitrogen and oxygen atoms in total. The second kappa shape index (κ2) is 7.78. The molecule has 2 amide bonds. The van der Waals surface area contributed by atoms with Crippen LogP contribution in [0.2, 0.25) is 0 Å². The van der Waals surface area contributed by atoms with Crippen LogP contribution in [-0.2, 0) is 9.84 Å². The number of hydrogen-bond acceptors (Lipinski definition) is 5. The predicted octanol–water partition coefficient (Wildman–Crippen LogP) is 2.14. The second-order valence-electron chi connectivity index (χ2n) is 6.29. The van der Waals surface area contributed by atoms with E-state index in [4.69, 9.17) is 5.26 Å². The normalized spacial score (nSPS) is 14.4. The van der Waals surface area contributed by atoms with Crippen LogP contribution >= 0.6 is 0 Å². The molecule has 8 heteroatoms. The van der Waals surface area contributed by atoms with Gasteiger partial charge in [0.05, 0.1) is 21.4 Å². The van der Waals surface area contributed by atoms with Crippen molar-refractivity contribution >= 4 is 21.6 Å². The van der Waals surface area contributed by atoms with Gasteiger partial charge in [-0.25, -0.2) is 13.2 Å². The standard InChI is InChI=1S/C19H20N4O3S/c1-14-12-16(22-19(24)23-10-8-21-9-11-23)4-7-18(14)27(25,26)17-5-2-15(13-20)3-6-17/h2-7,12,21H,8-11H2,1H3,(H,22,24). The first-order valence-electron chi connectivity index (χ1n) is 8.54. The minimum Gasteiger partial charge on any atom is -0.322 e. The number of amides is 2. The molecule has 0 bridgehead atoms. The zero-order valence-corrected chi connectivity index (χ0v) is 15.7. The Labute approximate surface area is 158 Å². The highest BCUT2D eigenvalue weighted by molar-refractivity contribution is 7.91. The van der Waals surface area contributed by atoms with Crippen molar-refractivity contribution in [2.24, 2.45) is 0 Å². The number of piperazine rings is 1. The van der Waals surface area contributed by atoms with Crippen LogP contribution in [0.15, 0.2) is 52.3 Å². The molecule has 1 heterocycles. The average molecular weight is 384 g/mol. The minimum atomic E-state index is -3.70. The van der Waals surface area contributed by atoms with E-state index in [1.54, 1.807) is 24.0 Å². The molecule has 1 aliphatic rings. The van der Waals surface area contributed by atoms with Gasteiger partial charge < -0.3 is 15.5 Å². The minimum absolute atomic E-state index is 0.127. The first-order valence-corrected chi connectivity index (χ1v) is 10.0. The highest BCUT2D eigenvalue weighted by atomic mass is 32.2. The number of carbonyl (C=O) groups is 1. The molecular formula is C19H20N4O3S. The molecule has 3 rings (SSSR count). The lowest BCUT2D eigenvalue weighted by atomic mass is 10.2. The molecular weight excluding hydrogens is 364 g/mol. The van der Waals surface area contributed by atoms with Crippen LogP contribution in [0.3, 0.4) is 0 Å². The third kappa shape index (κ3) is 4.10. The Balaban J connectivity index is 1.81. The van der Waals surface area contributed by atoms with Gasteiger partial charge in [-0.15, -0.1) is 0 Å². The van der Waals surface area contributed by atoms with Gasteiger partial charge in [0.25, 0.3) is 0 Å². The summed E-state index contributed by atoms with van der Waals surface area (Å²) in [6, 6.07) is 12.3. The Morgan fingerprint density at radius 1 is 1.15 bits per heavy atom. The summed E-state index contributed by atoms with van der Waals surface area (Å²) >= 11 is 0. The van der Waals surface area contributed by atoms with Gasteiger partial charge in [-0.3, -0.25) is 0 Å². The SMILES string of the molecule is Cc1cc(NC(=O)N2CCNCC2)ccc1S(=O)(=O)c1ccc(C#N)cc1. The van der Waals surface area contributed by atoms with Crippen LogP contribution in [-0.4, -0.2) is 45.5 Å². The Hall–Kier alpha value is -2.89. The lowest BCUT2D eigenvalue weighted by Crippen LogP contribution is -2.48. The van der Waals surface area contributed by atoms with Crippen molar-refractivity contribution in [3.05, 3.63) is 53.6 Å². The summed E-state index contributed by atoms with van der Waals surface area (Å²) in [7, 11) is -3.70. The van der Waals surface area contributed by atoms with Gasteiger partial charge in [-0.05, 0) is 55.0 Å². The number of benzene rings is 2. The van der Waals surface area contributed by atoms with Crippen molar-refractivity contribution in [2.75, 3.05) is 31.5 Å². The number of carbonyl (C=O) groups excluding carboxylic acids is 1. The summed E-state index contributed by atoms with van der Waals surface area (Å²) in [4.78, 5) is 14.3. The first kappa shape index (κ1) is 18.9. The summed E-state index contributed by atoms with van der Waals surface area (Å²) in [5, 5.41) is 14.8. The van der Waals surface area contributed by atoms with Crippen LogP contribution in [0.4, 0.5) is 10.5 Å². The summed E-state index contributed by atoms with van der Waals surface area (Å²) < 4.78 is 25.7. The van der Waals surface area contributed by atoms with Crippen LogP contribution in [0, 0.1) is 18.3 Å². The highest BCUT2D eigenvalue weighted by Crippen LogP contribution is 2.26. The van der Waals surface area contributed by atoms with Gasteiger partial charge in [0.2, 0.25) is 9.84 Å². The van der Waals surface area contributed by atoms with Gasteiger partial charge in [0, 0.05) is 31.9 Å². The largest absolute Gasteiger partial charge is 0.322 e. The maximum Gasteiger partial charge on any atom is 0.321 e. The number of nitrogens with zero attached hydrogens (tertiary/aromatic N) is 2. The second-order valence-corrected chi connectivity index (χ2v) is 8.21. The number of nitrogens with one attached hydrogen (secondary N) is 2. The molecule has 0 unspecified atom stereocenters. The summed E-state index contributed by atoms with van der Waals surface area (Å²) in [5.41, 5.74) is 1.49. The molecule has 0 spiro atoms. The fourth-order valence-electron chi connectivity index (χ4n) is 2.93. The molecule has 2 aromatic rings. The van der Waals surface area contributed by atoms with Gasteiger partial charge in [-0.2, -0.15) is 5.26 Å². The molecule has 140 valence electrons. The predicted molar refractivity (Wildman–Crippen MR) is 101 cm³/mol. The molecule has 2 N–H and O–H groups in total. The highest BCUT2D eigenvalue weighted by Gasteiger charge is 2.21. The lowest BCUT2D eigenvalue weighted by Gasteiger charge is -2.27. The van der Waals surface area contributed by atoms with Crippen molar-refractivity contribution < 1.29 is 13.2 Å². The van der Waals surface area contributed by atoms with Crippen LogP contribution in [0.5, 0.6) is 0 Å². The average Bonchev–Trinajstić information content (AvgIpc) is 2.68. The number of sulfone groups is 1. The van der Waals surface area contributed by atoms with Crippen molar-refractivity contribution in [1.29, 1.82) is 5.26 Å². The molecule has 0 saturated carbocycles. The number of anilines is 1. The van der Waals surface area contributed by atoms with E-state index < -0.39 is 9.84 Å². The summed E-state index contributed by atoms with van der Waals surface area (Å²) in [6.45, 7) is 4.48. The fraction of sp³-hybridized carbons (Fsp3) is 0.263. The van der Waals surface area contributed by atoms with E-state index in [-0.39, 0.29) is 15.8 Å². The molecule has 0 aromatic heterocycles. The van der Waals surface area contributed by atoms with Crippen LogP contribution in [0.1, 0.15) is 11.1 Å². The number of urea groups is 1. The van der Waals surface area contributed by atoms with Crippen molar-refractivity contribution in [3.63, 3.8) is 0 Å². The maximum absolute atomic E-state index is 12.8. The molecule has 0 radical (unpaired) electrons. The van der Waals surface area contributed by atoms with Gasteiger partial charge in [0.15, 0.2) is 0 Å². The van der Waals surface area contributed by atoms with E-state index in [1.807, 2.05) is 6.07 Å². The van der Waals surface area contributed by atoms with E-state index in [0.29, 0.717) is 29.9 Å². The number of hydrogen-bond donors (Lipinski definition) is 2. The van der Waals surface area contributed by atoms with Crippen molar-refractivity contribution in [2.45, 2.75) is 16.7 Å². The van der Waals surface area contributed by atoms with E-state index >= 15 is 0 Å². The Kier molecular flexibility index (Phi) is 5.44. The topological polar surface area (TPSA) is 102 Å². The molecule has 0 aliphatic carbocycles. The third-order valence-corrected chi connectivity index (χ3v) is 6.34. The zero-order valence-electron chi connectivity index (χ0n) is 14.9. The van der Waals surface area contributed by atoms with Gasteiger partial charge in [-0.1, -0.05) is 0 Å². The van der Waals surface area contributed by atoms with E-state index in [0.717, 1.165) is 13.1 Å². The Bertz CT molecular complexity index is 989. The van der Waals surface area contributed by atoms with E-state index in [2.05, 4.69) is 10.6 Å². The van der Waals surface area contributed by atoms with Gasteiger partial charge >= 0.3 is 6.03 Å². The molecule has 27 heavy (non-hydrogen) atoms. The summed E-state index contributed by atoms with van der Waals surface area (Å²) in [5.74, 6) is 0.